The van der Waals surface area contributed by atoms with Gasteiger partial charge >= 0.3 is 0 Å². The van der Waals surface area contributed by atoms with E-state index in [9.17, 15) is 4.39 Å². The molecule has 2 N–H and O–H groups in total. The number of ether oxygens (including phenoxy) is 1. The molecule has 2 heterocycles. The van der Waals surface area contributed by atoms with Gasteiger partial charge < -0.3 is 15.0 Å². The summed E-state index contributed by atoms with van der Waals surface area (Å²) in [5.41, 5.74) is 5.69. The normalized spacial score (nSPS) is 14.1. The molecule has 154 valence electrons. The summed E-state index contributed by atoms with van der Waals surface area (Å²) in [5.74, 6) is 0.856. The quantitative estimate of drug-likeness (QED) is 0.479. The first-order chi connectivity index (χ1) is 14.7. The minimum Gasteiger partial charge on any atom is -0.378 e. The molecule has 3 aromatic rings. The summed E-state index contributed by atoms with van der Waals surface area (Å²) >= 11 is 0. The number of aryl methyl sites for hydroxylation is 1. The van der Waals surface area contributed by atoms with Crippen LogP contribution in [0.25, 0.3) is 0 Å². The van der Waals surface area contributed by atoms with Gasteiger partial charge in [-0.25, -0.2) is 9.82 Å². The molecule has 30 heavy (non-hydrogen) atoms. The van der Waals surface area contributed by atoms with E-state index in [-0.39, 0.29) is 5.82 Å². The summed E-state index contributed by atoms with van der Waals surface area (Å²) in [7, 11) is 0. The van der Waals surface area contributed by atoms with Gasteiger partial charge in [0, 0.05) is 18.8 Å². The number of benzene rings is 2. The summed E-state index contributed by atoms with van der Waals surface area (Å²) in [6, 6.07) is 14.0. The number of aromatic nitrogens is 3. The minimum atomic E-state index is -0.307. The van der Waals surface area contributed by atoms with Crippen molar-refractivity contribution in [1.29, 1.82) is 0 Å². The molecular formula is C21H22FN7O. The van der Waals surface area contributed by atoms with Crippen LogP contribution in [-0.4, -0.2) is 47.5 Å². The van der Waals surface area contributed by atoms with Gasteiger partial charge in [-0.3, -0.25) is 0 Å². The van der Waals surface area contributed by atoms with E-state index in [1.807, 2.05) is 36.1 Å². The van der Waals surface area contributed by atoms with Crippen molar-refractivity contribution >= 4 is 29.7 Å². The maximum atomic E-state index is 13.2. The summed E-state index contributed by atoms with van der Waals surface area (Å²) in [4.78, 5) is 15.4. The van der Waals surface area contributed by atoms with E-state index in [1.54, 1.807) is 18.3 Å². The molecule has 2 aromatic carbocycles. The second-order valence-electron chi connectivity index (χ2n) is 6.79. The molecule has 0 saturated carbocycles. The molecule has 1 aliphatic rings. The van der Waals surface area contributed by atoms with Gasteiger partial charge in [-0.15, -0.1) is 0 Å². The molecule has 0 radical (unpaired) electrons. The largest absolute Gasteiger partial charge is 0.378 e. The van der Waals surface area contributed by atoms with E-state index in [1.165, 1.54) is 17.7 Å². The first-order valence-electron chi connectivity index (χ1n) is 9.63. The number of rotatable bonds is 6. The van der Waals surface area contributed by atoms with Crippen LogP contribution in [0.1, 0.15) is 11.1 Å². The zero-order valence-corrected chi connectivity index (χ0v) is 16.5. The maximum absolute atomic E-state index is 13.2. The van der Waals surface area contributed by atoms with Crippen LogP contribution in [-0.2, 0) is 4.74 Å². The number of hydrogen-bond donors (Lipinski definition) is 2. The lowest BCUT2D eigenvalue weighted by Crippen LogP contribution is -2.37. The Morgan fingerprint density at radius 3 is 2.40 bits per heavy atom. The molecule has 0 atom stereocenters. The van der Waals surface area contributed by atoms with E-state index < -0.39 is 0 Å². The molecule has 9 heteroatoms. The van der Waals surface area contributed by atoms with Gasteiger partial charge in [-0.05, 0) is 36.8 Å². The van der Waals surface area contributed by atoms with E-state index in [2.05, 4.69) is 30.8 Å². The van der Waals surface area contributed by atoms with Gasteiger partial charge in [0.2, 0.25) is 17.8 Å². The molecule has 0 aliphatic carbocycles. The Labute approximate surface area is 173 Å². The smallest absolute Gasteiger partial charge is 0.250 e. The predicted octanol–water partition coefficient (Wildman–Crippen LogP) is 3.35. The topological polar surface area (TPSA) is 87.6 Å². The fraction of sp³-hybridized carbons (Fsp3) is 0.238. The molecule has 0 bridgehead atoms. The second-order valence-corrected chi connectivity index (χ2v) is 6.79. The molecule has 8 nitrogen and oxygen atoms in total. The van der Waals surface area contributed by atoms with Crippen molar-refractivity contribution in [1.82, 2.24) is 15.0 Å². The van der Waals surface area contributed by atoms with Crippen LogP contribution in [0.3, 0.4) is 0 Å². The first-order valence-corrected chi connectivity index (χ1v) is 9.63. The van der Waals surface area contributed by atoms with Gasteiger partial charge in [0.05, 0.1) is 19.4 Å². The van der Waals surface area contributed by atoms with E-state index in [0.29, 0.717) is 49.8 Å². The van der Waals surface area contributed by atoms with Crippen LogP contribution in [0.4, 0.5) is 27.9 Å². The molecule has 0 spiro atoms. The Hall–Kier alpha value is -3.59. The predicted molar refractivity (Wildman–Crippen MR) is 115 cm³/mol. The number of hydrazone groups is 1. The van der Waals surface area contributed by atoms with E-state index in [4.69, 9.17) is 4.74 Å². The molecule has 1 saturated heterocycles. The Balaban J connectivity index is 1.55. The van der Waals surface area contributed by atoms with Gasteiger partial charge in [-0.1, -0.05) is 29.8 Å². The zero-order chi connectivity index (χ0) is 20.8. The SMILES string of the molecule is Cc1ccc(C=NNc2nc(Nc3ccc(F)cc3)nc(N3CCOCC3)n2)cc1. The minimum absolute atomic E-state index is 0.305. The van der Waals surface area contributed by atoms with Gasteiger partial charge in [0.25, 0.3) is 0 Å². The number of nitrogens with one attached hydrogen (secondary N) is 2. The Bertz CT molecular complexity index is 1000. The van der Waals surface area contributed by atoms with Crippen molar-refractivity contribution in [2.24, 2.45) is 5.10 Å². The zero-order valence-electron chi connectivity index (χ0n) is 16.5. The van der Waals surface area contributed by atoms with Crippen LogP contribution >= 0.6 is 0 Å². The Kier molecular flexibility index (Phi) is 6.09. The second kappa shape index (κ2) is 9.27. The number of hydrogen-bond acceptors (Lipinski definition) is 8. The highest BCUT2D eigenvalue weighted by Gasteiger charge is 2.16. The third-order valence-electron chi connectivity index (χ3n) is 4.47. The van der Waals surface area contributed by atoms with Crippen molar-refractivity contribution in [3.63, 3.8) is 0 Å². The van der Waals surface area contributed by atoms with Crippen molar-refractivity contribution in [2.75, 3.05) is 41.9 Å². The standard InChI is InChI=1S/C21H22FN7O/c1-15-2-4-16(5-3-15)14-23-28-20-25-19(24-18-8-6-17(22)7-9-18)26-21(27-20)29-10-12-30-13-11-29/h2-9,14H,10-13H2,1H3,(H2,24,25,26,27,28). The molecular weight excluding hydrogens is 385 g/mol. The van der Waals surface area contributed by atoms with Crippen molar-refractivity contribution < 1.29 is 9.13 Å². The molecule has 4 rings (SSSR count). The molecule has 0 amide bonds. The first kappa shape index (κ1) is 19.7. The Morgan fingerprint density at radius 1 is 0.967 bits per heavy atom. The number of halogens is 1. The monoisotopic (exact) mass is 407 g/mol. The van der Waals surface area contributed by atoms with E-state index in [0.717, 1.165) is 5.56 Å². The van der Waals surface area contributed by atoms with Gasteiger partial charge in [0.15, 0.2) is 0 Å². The lowest BCUT2D eigenvalue weighted by Gasteiger charge is -2.27. The third-order valence-corrected chi connectivity index (χ3v) is 4.47. The van der Waals surface area contributed by atoms with Crippen molar-refractivity contribution in [3.05, 3.63) is 65.5 Å². The molecule has 1 aliphatic heterocycles. The average molecular weight is 407 g/mol. The van der Waals surface area contributed by atoms with Crippen molar-refractivity contribution in [2.45, 2.75) is 6.92 Å². The highest BCUT2D eigenvalue weighted by molar-refractivity contribution is 5.80. The fourth-order valence-corrected chi connectivity index (χ4v) is 2.85. The van der Waals surface area contributed by atoms with Crippen LogP contribution in [0.15, 0.2) is 53.6 Å². The number of morpholine rings is 1. The fourth-order valence-electron chi connectivity index (χ4n) is 2.85. The summed E-state index contributed by atoms with van der Waals surface area (Å²) in [5, 5.41) is 7.33. The van der Waals surface area contributed by atoms with Crippen LogP contribution in [0.5, 0.6) is 0 Å². The average Bonchev–Trinajstić information content (AvgIpc) is 2.77. The van der Waals surface area contributed by atoms with Crippen LogP contribution < -0.4 is 15.6 Å². The molecule has 0 unspecified atom stereocenters. The number of anilines is 4. The summed E-state index contributed by atoms with van der Waals surface area (Å²) in [6.07, 6.45) is 1.70. The maximum Gasteiger partial charge on any atom is 0.250 e. The summed E-state index contributed by atoms with van der Waals surface area (Å²) < 4.78 is 18.6. The lowest BCUT2D eigenvalue weighted by atomic mass is 10.2. The van der Waals surface area contributed by atoms with Crippen LogP contribution in [0.2, 0.25) is 0 Å². The summed E-state index contributed by atoms with van der Waals surface area (Å²) in [6.45, 7) is 4.63. The highest BCUT2D eigenvalue weighted by Crippen LogP contribution is 2.19. The molecule has 1 fully saturated rings. The Morgan fingerprint density at radius 2 is 1.67 bits per heavy atom. The van der Waals surface area contributed by atoms with E-state index >= 15 is 0 Å². The number of nitrogens with zero attached hydrogens (tertiary/aromatic N) is 5. The van der Waals surface area contributed by atoms with Gasteiger partial charge in [-0.2, -0.15) is 20.1 Å². The molecule has 1 aromatic heterocycles. The highest BCUT2D eigenvalue weighted by atomic mass is 19.1. The lowest BCUT2D eigenvalue weighted by molar-refractivity contribution is 0.122. The van der Waals surface area contributed by atoms with Crippen LogP contribution in [0, 0.1) is 12.7 Å². The van der Waals surface area contributed by atoms with Gasteiger partial charge in [0.1, 0.15) is 5.82 Å². The third kappa shape index (κ3) is 5.26. The van der Waals surface area contributed by atoms with Crippen molar-refractivity contribution in [3.8, 4) is 0 Å².